The van der Waals surface area contributed by atoms with E-state index in [0.717, 1.165) is 10.2 Å². The molecule has 3 rings (SSSR count). The van der Waals surface area contributed by atoms with Crippen LogP contribution < -0.4 is 22.3 Å². The van der Waals surface area contributed by atoms with Crippen LogP contribution in [0.4, 0.5) is 5.69 Å². The van der Waals surface area contributed by atoms with E-state index in [2.05, 4.69) is 15.6 Å². The average molecular weight is 339 g/mol. The number of benzene rings is 2. The Morgan fingerprint density at radius 2 is 1.79 bits per heavy atom. The lowest BCUT2D eigenvalue weighted by Gasteiger charge is -2.07. The topological polar surface area (TPSA) is 105 Å². The molecule has 0 spiro atoms. The molecule has 0 aliphatic carbocycles. The summed E-state index contributed by atoms with van der Waals surface area (Å²) in [5, 5.41) is 6.95. The summed E-state index contributed by atoms with van der Waals surface area (Å²) in [6.45, 7) is 0. The third-order valence-corrected chi connectivity index (χ3v) is 3.61. The van der Waals surface area contributed by atoms with Gasteiger partial charge in [-0.05, 0) is 42.0 Å². The monoisotopic (exact) mass is 339 g/mol. The first-order valence-corrected chi connectivity index (χ1v) is 7.40. The molecule has 8 heteroatoms. The lowest BCUT2D eigenvalue weighted by Crippen LogP contribution is -2.39. The van der Waals surface area contributed by atoms with E-state index >= 15 is 0 Å². The molecule has 0 amide bonds. The van der Waals surface area contributed by atoms with Crippen molar-refractivity contribution < 1.29 is 0 Å². The lowest BCUT2D eigenvalue weighted by molar-refractivity contribution is 0.813. The maximum atomic E-state index is 12.4. The second-order valence-corrected chi connectivity index (χ2v) is 5.36. The molecule has 1 heterocycles. The van der Waals surface area contributed by atoms with Crippen molar-refractivity contribution in [3.8, 4) is 0 Å². The Morgan fingerprint density at radius 3 is 2.50 bits per heavy atom. The van der Waals surface area contributed by atoms with E-state index in [0.29, 0.717) is 11.1 Å². The highest BCUT2D eigenvalue weighted by molar-refractivity contribution is 7.80. The molecule has 0 fully saturated rings. The highest BCUT2D eigenvalue weighted by Gasteiger charge is 2.09. The number of hydrazone groups is 1. The second-order valence-electron chi connectivity index (χ2n) is 4.97. The Balaban J connectivity index is 1.86. The Labute approximate surface area is 141 Å². The van der Waals surface area contributed by atoms with Gasteiger partial charge in [0.25, 0.3) is 11.1 Å². The summed E-state index contributed by atoms with van der Waals surface area (Å²) in [5.41, 5.74) is 8.78. The summed E-state index contributed by atoms with van der Waals surface area (Å²) in [6, 6.07) is 13.6. The van der Waals surface area contributed by atoms with Crippen LogP contribution in [0.5, 0.6) is 0 Å². The second kappa shape index (κ2) is 6.47. The van der Waals surface area contributed by atoms with E-state index in [9.17, 15) is 9.59 Å². The largest absolute Gasteiger partial charge is 0.399 e. The number of thiocarbonyl (C=S) groups is 1. The van der Waals surface area contributed by atoms with Gasteiger partial charge in [0.1, 0.15) is 0 Å². The number of hydrogen-bond donors (Lipinski definition) is 3. The van der Waals surface area contributed by atoms with Crippen LogP contribution in [0.2, 0.25) is 0 Å². The van der Waals surface area contributed by atoms with Gasteiger partial charge in [-0.25, -0.2) is 0 Å². The maximum absolute atomic E-state index is 12.4. The Kier molecular flexibility index (Phi) is 4.21. The number of anilines is 1. The highest BCUT2D eigenvalue weighted by atomic mass is 32.1. The lowest BCUT2D eigenvalue weighted by atomic mass is 10.2. The predicted octanol–water partition coefficient (Wildman–Crippen LogP) is 1.03. The Morgan fingerprint density at radius 1 is 1.12 bits per heavy atom. The molecular weight excluding hydrogens is 326 g/mol. The van der Waals surface area contributed by atoms with Gasteiger partial charge in [-0.3, -0.25) is 20.1 Å². The molecular formula is C16H13N5O2S. The molecule has 0 radical (unpaired) electrons. The number of aromatic amines is 1. The molecule has 0 atom stereocenters. The Hall–Kier alpha value is -3.26. The zero-order chi connectivity index (χ0) is 17.1. The van der Waals surface area contributed by atoms with Gasteiger partial charge in [0, 0.05) is 5.69 Å². The fraction of sp³-hybridized carbons (Fsp3) is 0. The van der Waals surface area contributed by atoms with E-state index in [1.165, 1.54) is 6.21 Å². The van der Waals surface area contributed by atoms with Crippen molar-refractivity contribution in [3.63, 3.8) is 0 Å². The minimum Gasteiger partial charge on any atom is -0.399 e. The van der Waals surface area contributed by atoms with Crippen LogP contribution in [0.3, 0.4) is 0 Å². The number of nitrogen functional groups attached to an aromatic ring is 1. The predicted molar refractivity (Wildman–Crippen MR) is 98.4 cm³/mol. The number of nitrogens with one attached hydrogen (secondary N) is 2. The number of rotatable bonds is 2. The van der Waals surface area contributed by atoms with Crippen molar-refractivity contribution in [2.24, 2.45) is 5.10 Å². The number of fused-ring (bicyclic) bond motifs is 1. The number of aromatic nitrogens is 2. The molecule has 1 aromatic heterocycles. The fourth-order valence-corrected chi connectivity index (χ4v) is 2.32. The number of H-pyrrole nitrogens is 1. The number of hydrogen-bond acceptors (Lipinski definition) is 5. The summed E-state index contributed by atoms with van der Waals surface area (Å²) in [6.07, 6.45) is 1.52. The van der Waals surface area contributed by atoms with E-state index in [4.69, 9.17) is 18.0 Å². The summed E-state index contributed by atoms with van der Waals surface area (Å²) >= 11 is 5.11. The van der Waals surface area contributed by atoms with Crippen molar-refractivity contribution in [1.29, 1.82) is 0 Å². The van der Waals surface area contributed by atoms with Gasteiger partial charge < -0.3 is 5.73 Å². The first-order chi connectivity index (χ1) is 11.6. The molecule has 120 valence electrons. The van der Waals surface area contributed by atoms with Crippen LogP contribution in [0.1, 0.15) is 5.56 Å². The fourth-order valence-electron chi connectivity index (χ4n) is 2.14. The van der Waals surface area contributed by atoms with Crippen molar-refractivity contribution in [3.05, 3.63) is 74.8 Å². The standard InChI is InChI=1S/C16H13N5O2S/c17-11-7-5-10(6-8-11)9-18-19-16(24)21-15(23)13-4-2-1-3-12(13)14(22)20-21/h1-9H,17H2,(H,19,24)(H,20,22)/b18-9+. The molecule has 0 saturated carbocycles. The minimum atomic E-state index is -0.426. The van der Waals surface area contributed by atoms with Crippen molar-refractivity contribution in [2.45, 2.75) is 0 Å². The summed E-state index contributed by atoms with van der Waals surface area (Å²) in [7, 11) is 0. The van der Waals surface area contributed by atoms with Crippen LogP contribution in [-0.4, -0.2) is 21.1 Å². The third kappa shape index (κ3) is 3.08. The minimum absolute atomic E-state index is 0.0328. The molecule has 0 aliphatic rings. The zero-order valence-corrected chi connectivity index (χ0v) is 13.2. The van der Waals surface area contributed by atoms with Gasteiger partial charge in [-0.1, -0.05) is 24.3 Å². The van der Waals surface area contributed by atoms with E-state index in [1.807, 2.05) is 0 Å². The van der Waals surface area contributed by atoms with Crippen LogP contribution in [0.15, 0.2) is 63.2 Å². The van der Waals surface area contributed by atoms with Crippen LogP contribution in [-0.2, 0) is 0 Å². The molecule has 0 aliphatic heterocycles. The molecule has 0 saturated heterocycles. The van der Waals surface area contributed by atoms with Gasteiger partial charge in [0.05, 0.1) is 17.0 Å². The van der Waals surface area contributed by atoms with Gasteiger partial charge >= 0.3 is 0 Å². The van der Waals surface area contributed by atoms with Crippen LogP contribution in [0, 0.1) is 0 Å². The zero-order valence-electron chi connectivity index (χ0n) is 12.4. The number of nitrogens with zero attached hydrogens (tertiary/aromatic N) is 2. The first-order valence-electron chi connectivity index (χ1n) is 6.99. The maximum Gasteiger partial charge on any atom is 0.279 e. The summed E-state index contributed by atoms with van der Waals surface area (Å²) in [4.78, 5) is 24.4. The van der Waals surface area contributed by atoms with Gasteiger partial charge in [-0.15, -0.1) is 0 Å². The van der Waals surface area contributed by atoms with Gasteiger partial charge in [-0.2, -0.15) is 9.78 Å². The van der Waals surface area contributed by atoms with Crippen molar-refractivity contribution in [1.82, 2.24) is 15.2 Å². The number of nitrogens with two attached hydrogens (primary N) is 1. The molecule has 7 nitrogen and oxygen atoms in total. The Bertz CT molecular complexity index is 1050. The van der Waals surface area contributed by atoms with E-state index < -0.39 is 11.1 Å². The average Bonchev–Trinajstić information content (AvgIpc) is 2.60. The normalized spacial score (nSPS) is 11.0. The summed E-state index contributed by atoms with van der Waals surface area (Å²) < 4.78 is 0.959. The van der Waals surface area contributed by atoms with Gasteiger partial charge in [0.15, 0.2) is 0 Å². The molecule has 3 aromatic rings. The third-order valence-electron chi connectivity index (χ3n) is 3.33. The van der Waals surface area contributed by atoms with Crippen molar-refractivity contribution in [2.75, 3.05) is 5.73 Å². The van der Waals surface area contributed by atoms with Crippen LogP contribution >= 0.6 is 12.2 Å². The molecule has 24 heavy (non-hydrogen) atoms. The smallest absolute Gasteiger partial charge is 0.279 e. The van der Waals surface area contributed by atoms with Gasteiger partial charge in [0.2, 0.25) is 5.11 Å². The van der Waals surface area contributed by atoms with E-state index in [1.54, 1.807) is 48.5 Å². The van der Waals surface area contributed by atoms with Crippen molar-refractivity contribution >= 4 is 40.0 Å². The molecule has 2 aromatic carbocycles. The SMILES string of the molecule is Nc1ccc(/C=N/NC(=S)n2[nH]c(=O)c3ccccc3c2=O)cc1. The van der Waals surface area contributed by atoms with Crippen LogP contribution in [0.25, 0.3) is 10.8 Å². The quantitative estimate of drug-likeness (QED) is 0.280. The highest BCUT2D eigenvalue weighted by Crippen LogP contribution is 2.03. The van der Waals surface area contributed by atoms with E-state index in [-0.39, 0.29) is 10.5 Å². The molecule has 0 bridgehead atoms. The summed E-state index contributed by atoms with van der Waals surface area (Å²) in [5.74, 6) is 0. The molecule has 0 unspecified atom stereocenters. The molecule has 4 N–H and O–H groups in total. The first kappa shape index (κ1) is 15.6.